The van der Waals surface area contributed by atoms with Gasteiger partial charge in [0.25, 0.3) is 0 Å². The van der Waals surface area contributed by atoms with E-state index >= 15 is 0 Å². The lowest BCUT2D eigenvalue weighted by atomic mass is 9.65. The fraction of sp³-hybridized carbons (Fsp3) is 0.556. The molecule has 4 N–H and O–H groups in total. The Kier molecular flexibility index (Phi) is 4.66. The Labute approximate surface area is 137 Å². The maximum atomic E-state index is 12.5. The fourth-order valence-corrected chi connectivity index (χ4v) is 4.09. The summed E-state index contributed by atoms with van der Waals surface area (Å²) in [5, 5.41) is 5.72. The molecule has 0 aliphatic heterocycles. The van der Waals surface area contributed by atoms with Crippen molar-refractivity contribution in [1.82, 2.24) is 0 Å². The third-order valence-corrected chi connectivity index (χ3v) is 5.26. The van der Waals surface area contributed by atoms with Crippen molar-refractivity contribution in [2.45, 2.75) is 45.1 Å². The van der Waals surface area contributed by atoms with E-state index in [1.165, 1.54) is 13.3 Å². The normalized spacial score (nSPS) is 29.7. The third kappa shape index (κ3) is 3.72. The van der Waals surface area contributed by atoms with Gasteiger partial charge in [-0.2, -0.15) is 0 Å². The topological polar surface area (TPSA) is 84.2 Å². The standard InChI is InChI=1S/C18H25N3O2/c1-11(22)20-15-5-7-16(8-6-15)21-18(23)14-9-12-3-2-4-13(10-14)17(12)19/h5-8,12-14,17H,2-4,9-10,19H2,1H3,(H,20,22)(H,21,23). The van der Waals surface area contributed by atoms with Gasteiger partial charge in [-0.3, -0.25) is 9.59 Å². The van der Waals surface area contributed by atoms with Gasteiger partial charge < -0.3 is 16.4 Å². The van der Waals surface area contributed by atoms with Gasteiger partial charge in [0.15, 0.2) is 0 Å². The minimum Gasteiger partial charge on any atom is -0.327 e. The van der Waals surface area contributed by atoms with Crippen LogP contribution in [-0.2, 0) is 9.59 Å². The molecular formula is C18H25N3O2. The molecule has 0 heterocycles. The van der Waals surface area contributed by atoms with Crippen LogP contribution in [0.4, 0.5) is 11.4 Å². The van der Waals surface area contributed by atoms with Crippen LogP contribution in [0.5, 0.6) is 0 Å². The Morgan fingerprint density at radius 2 is 1.52 bits per heavy atom. The highest BCUT2D eigenvalue weighted by Gasteiger charge is 2.40. The minimum atomic E-state index is -0.105. The molecule has 2 bridgehead atoms. The molecule has 2 atom stereocenters. The number of rotatable bonds is 3. The number of carbonyl (C=O) groups is 2. The first kappa shape index (κ1) is 16.0. The molecule has 5 heteroatoms. The maximum absolute atomic E-state index is 12.5. The van der Waals surface area contributed by atoms with E-state index in [0.717, 1.165) is 37.1 Å². The van der Waals surface area contributed by atoms with Crippen molar-refractivity contribution in [3.8, 4) is 0 Å². The van der Waals surface area contributed by atoms with E-state index in [2.05, 4.69) is 10.6 Å². The number of amides is 2. The Balaban J connectivity index is 1.60. The average molecular weight is 315 g/mol. The van der Waals surface area contributed by atoms with Crippen molar-refractivity contribution in [1.29, 1.82) is 0 Å². The molecule has 2 aliphatic rings. The second kappa shape index (κ2) is 6.71. The fourth-order valence-electron chi connectivity index (χ4n) is 4.09. The van der Waals surface area contributed by atoms with Crippen LogP contribution < -0.4 is 16.4 Å². The molecule has 2 aliphatic carbocycles. The Morgan fingerprint density at radius 1 is 1.00 bits per heavy atom. The number of fused-ring (bicyclic) bond motifs is 2. The monoisotopic (exact) mass is 315 g/mol. The molecule has 5 nitrogen and oxygen atoms in total. The summed E-state index contributed by atoms with van der Waals surface area (Å²) >= 11 is 0. The zero-order valence-electron chi connectivity index (χ0n) is 13.5. The summed E-state index contributed by atoms with van der Waals surface area (Å²) in [7, 11) is 0. The highest BCUT2D eigenvalue weighted by Crippen LogP contribution is 2.42. The molecule has 23 heavy (non-hydrogen) atoms. The van der Waals surface area contributed by atoms with Gasteiger partial charge in [-0.05, 0) is 61.8 Å². The van der Waals surface area contributed by atoms with Crippen molar-refractivity contribution < 1.29 is 9.59 Å². The highest BCUT2D eigenvalue weighted by atomic mass is 16.2. The summed E-state index contributed by atoms with van der Waals surface area (Å²) in [5.74, 6) is 1.06. The second-order valence-corrected chi connectivity index (χ2v) is 6.94. The smallest absolute Gasteiger partial charge is 0.227 e. The van der Waals surface area contributed by atoms with Crippen LogP contribution in [0.3, 0.4) is 0 Å². The highest BCUT2D eigenvalue weighted by molar-refractivity contribution is 5.93. The van der Waals surface area contributed by atoms with Crippen LogP contribution in [0.25, 0.3) is 0 Å². The largest absolute Gasteiger partial charge is 0.327 e. The number of anilines is 2. The molecule has 3 rings (SSSR count). The van der Waals surface area contributed by atoms with Gasteiger partial charge in [-0.15, -0.1) is 0 Å². The first-order valence-electron chi connectivity index (χ1n) is 8.47. The predicted molar refractivity (Wildman–Crippen MR) is 90.9 cm³/mol. The molecule has 1 aromatic carbocycles. The van der Waals surface area contributed by atoms with Gasteiger partial charge in [-0.1, -0.05) is 6.42 Å². The molecule has 124 valence electrons. The first-order valence-corrected chi connectivity index (χ1v) is 8.47. The zero-order valence-corrected chi connectivity index (χ0v) is 13.5. The summed E-state index contributed by atoms with van der Waals surface area (Å²) in [6.07, 6.45) is 5.39. The van der Waals surface area contributed by atoms with Crippen LogP contribution in [0.15, 0.2) is 24.3 Å². The minimum absolute atomic E-state index is 0.0696. The lowest BCUT2D eigenvalue weighted by Crippen LogP contribution is -2.48. The van der Waals surface area contributed by atoms with Crippen LogP contribution in [-0.4, -0.2) is 17.9 Å². The number of nitrogens with two attached hydrogens (primary N) is 1. The molecule has 2 unspecified atom stereocenters. The first-order chi connectivity index (χ1) is 11.0. The van der Waals surface area contributed by atoms with Crippen molar-refractivity contribution in [2.75, 3.05) is 10.6 Å². The summed E-state index contributed by atoms with van der Waals surface area (Å²) in [6.45, 7) is 1.47. The van der Waals surface area contributed by atoms with Crippen molar-refractivity contribution in [2.24, 2.45) is 23.5 Å². The summed E-state index contributed by atoms with van der Waals surface area (Å²) in [5.41, 5.74) is 7.79. The van der Waals surface area contributed by atoms with Gasteiger partial charge in [0.05, 0.1) is 0 Å². The van der Waals surface area contributed by atoms with Crippen LogP contribution >= 0.6 is 0 Å². The molecule has 2 amide bonds. The third-order valence-electron chi connectivity index (χ3n) is 5.26. The molecule has 0 radical (unpaired) electrons. The maximum Gasteiger partial charge on any atom is 0.227 e. The molecule has 2 fully saturated rings. The van der Waals surface area contributed by atoms with E-state index < -0.39 is 0 Å². The molecule has 0 aromatic heterocycles. The van der Waals surface area contributed by atoms with Gasteiger partial charge >= 0.3 is 0 Å². The van der Waals surface area contributed by atoms with E-state index in [0.29, 0.717) is 11.8 Å². The van der Waals surface area contributed by atoms with Gasteiger partial charge in [0.1, 0.15) is 0 Å². The Hall–Kier alpha value is -1.88. The number of carbonyl (C=O) groups excluding carboxylic acids is 2. The van der Waals surface area contributed by atoms with E-state index in [1.807, 2.05) is 12.1 Å². The molecule has 1 aromatic rings. The lowest BCUT2D eigenvalue weighted by molar-refractivity contribution is -0.122. The van der Waals surface area contributed by atoms with Crippen LogP contribution in [0, 0.1) is 17.8 Å². The Bertz CT molecular complexity index is 570. The van der Waals surface area contributed by atoms with Crippen molar-refractivity contribution in [3.05, 3.63) is 24.3 Å². The molecular weight excluding hydrogens is 290 g/mol. The average Bonchev–Trinajstić information content (AvgIpc) is 2.48. The van der Waals surface area contributed by atoms with E-state index in [4.69, 9.17) is 5.73 Å². The van der Waals surface area contributed by atoms with Crippen molar-refractivity contribution in [3.63, 3.8) is 0 Å². The van der Waals surface area contributed by atoms with Gasteiger partial charge in [-0.25, -0.2) is 0 Å². The number of benzene rings is 1. The van der Waals surface area contributed by atoms with E-state index in [1.54, 1.807) is 12.1 Å². The lowest BCUT2D eigenvalue weighted by Gasteiger charge is -2.43. The van der Waals surface area contributed by atoms with Gasteiger partial charge in [0, 0.05) is 30.3 Å². The molecule has 2 saturated carbocycles. The summed E-state index contributed by atoms with van der Waals surface area (Å²) < 4.78 is 0. The molecule has 0 saturated heterocycles. The number of hydrogen-bond donors (Lipinski definition) is 3. The summed E-state index contributed by atoms with van der Waals surface area (Å²) in [6, 6.07) is 7.51. The van der Waals surface area contributed by atoms with Gasteiger partial charge in [0.2, 0.25) is 11.8 Å². The van der Waals surface area contributed by atoms with Crippen LogP contribution in [0.2, 0.25) is 0 Å². The quantitative estimate of drug-likeness (QED) is 0.802. The second-order valence-electron chi connectivity index (χ2n) is 6.94. The number of nitrogens with one attached hydrogen (secondary N) is 2. The number of hydrogen-bond acceptors (Lipinski definition) is 3. The predicted octanol–water partition coefficient (Wildman–Crippen LogP) is 2.74. The van der Waals surface area contributed by atoms with Crippen LogP contribution in [0.1, 0.15) is 39.0 Å². The van der Waals surface area contributed by atoms with Crippen molar-refractivity contribution >= 4 is 23.2 Å². The Morgan fingerprint density at radius 3 is 2.04 bits per heavy atom. The van der Waals surface area contributed by atoms with E-state index in [-0.39, 0.29) is 23.8 Å². The molecule has 0 spiro atoms. The summed E-state index contributed by atoms with van der Waals surface area (Å²) in [4.78, 5) is 23.6. The zero-order chi connectivity index (χ0) is 16.4. The SMILES string of the molecule is CC(=O)Nc1ccc(NC(=O)C2CC3CCCC(C2)C3N)cc1. The van der Waals surface area contributed by atoms with E-state index in [9.17, 15) is 9.59 Å².